The van der Waals surface area contributed by atoms with Crippen molar-refractivity contribution < 1.29 is 4.52 Å². The van der Waals surface area contributed by atoms with Crippen LogP contribution >= 0.6 is 0 Å². The second-order valence-electron chi connectivity index (χ2n) is 5.30. The Morgan fingerprint density at radius 1 is 0.875 bits per heavy atom. The van der Waals surface area contributed by atoms with Crippen LogP contribution in [0.2, 0.25) is 0 Å². The molecule has 2 rings (SSSR count). The maximum atomic E-state index is 4.82. The van der Waals surface area contributed by atoms with E-state index < -0.39 is 0 Å². The van der Waals surface area contributed by atoms with Crippen molar-refractivity contribution in [1.29, 1.82) is 0 Å². The fourth-order valence-electron chi connectivity index (χ4n) is 2.43. The molecule has 1 aliphatic heterocycles. The van der Waals surface area contributed by atoms with Crippen LogP contribution in [0.15, 0.2) is 16.9 Å². The minimum Gasteiger partial charge on any atom is -0.365 e. The third kappa shape index (κ3) is 13.6. The minimum atomic E-state index is 1.06. The summed E-state index contributed by atoms with van der Waals surface area (Å²) in [5, 5.41) is 3.93. The Balaban J connectivity index is 0. The first-order chi connectivity index (χ1) is 11.8. The number of aromatic nitrogens is 1. The summed E-state index contributed by atoms with van der Waals surface area (Å²) < 4.78 is 4.82. The lowest BCUT2D eigenvalue weighted by atomic mass is 10.1. The van der Waals surface area contributed by atoms with E-state index in [2.05, 4.69) is 22.0 Å². The molecule has 0 atom stereocenters. The summed E-state index contributed by atoms with van der Waals surface area (Å²) in [6, 6.07) is 1.96. The lowest BCUT2D eigenvalue weighted by molar-refractivity contribution is 0.152. The number of unbranched alkanes of at least 4 members (excludes halogenated alkanes) is 3. The van der Waals surface area contributed by atoms with Crippen molar-refractivity contribution in [2.24, 2.45) is 0 Å². The smallest absolute Gasteiger partial charge is 0.124 e. The highest BCUT2D eigenvalue weighted by molar-refractivity contribution is 4.94. The van der Waals surface area contributed by atoms with Crippen LogP contribution in [0, 0.1) is 0 Å². The van der Waals surface area contributed by atoms with E-state index in [1.54, 1.807) is 6.26 Å². The molecule has 144 valence electrons. The predicted molar refractivity (Wildman–Crippen MR) is 107 cm³/mol. The molecule has 1 fully saturated rings. The Morgan fingerprint density at radius 2 is 1.46 bits per heavy atom. The number of nitrogens with zero attached hydrogens (tertiary/aromatic N) is 3. The standard InChI is InChI=1S/C14H25N3O.3C2H6/c1-16-9-11-17(12-10-16)8-5-3-2-4-6-14-7-13-18-15-14;3*1-2/h7,13H,2-6,8-12H2,1H3;3*1-2H3. The summed E-state index contributed by atoms with van der Waals surface area (Å²) in [7, 11) is 2.21. The van der Waals surface area contributed by atoms with E-state index in [4.69, 9.17) is 4.52 Å². The van der Waals surface area contributed by atoms with Crippen LogP contribution in [0.1, 0.15) is 72.9 Å². The van der Waals surface area contributed by atoms with E-state index in [0.29, 0.717) is 0 Å². The summed E-state index contributed by atoms with van der Waals surface area (Å²) in [6.07, 6.45) is 7.93. The van der Waals surface area contributed by atoms with Crippen LogP contribution < -0.4 is 0 Å². The van der Waals surface area contributed by atoms with Gasteiger partial charge >= 0.3 is 0 Å². The molecule has 0 N–H and O–H groups in total. The van der Waals surface area contributed by atoms with Crippen LogP contribution in [-0.2, 0) is 6.42 Å². The number of aryl methyl sites for hydroxylation is 1. The van der Waals surface area contributed by atoms with Gasteiger partial charge in [-0.1, -0.05) is 59.5 Å². The second-order valence-corrected chi connectivity index (χ2v) is 5.30. The molecule has 0 saturated carbocycles. The quantitative estimate of drug-likeness (QED) is 0.646. The molecular formula is C20H43N3O. The molecule has 4 nitrogen and oxygen atoms in total. The molecule has 2 heterocycles. The first kappa shape index (κ1) is 25.4. The lowest BCUT2D eigenvalue weighted by Gasteiger charge is -2.32. The molecule has 0 bridgehead atoms. The van der Waals surface area contributed by atoms with Gasteiger partial charge in [-0.05, 0) is 32.9 Å². The van der Waals surface area contributed by atoms with Gasteiger partial charge in [-0.15, -0.1) is 0 Å². The molecule has 0 aliphatic carbocycles. The molecule has 1 aromatic rings. The summed E-state index contributed by atoms with van der Waals surface area (Å²) in [4.78, 5) is 5.01. The van der Waals surface area contributed by atoms with Crippen molar-refractivity contribution >= 4 is 0 Å². The molecule has 1 aliphatic rings. The van der Waals surface area contributed by atoms with Gasteiger partial charge in [0.1, 0.15) is 6.26 Å². The van der Waals surface area contributed by atoms with Crippen molar-refractivity contribution in [3.63, 3.8) is 0 Å². The lowest BCUT2D eigenvalue weighted by Crippen LogP contribution is -2.44. The summed E-state index contributed by atoms with van der Waals surface area (Å²) in [5.41, 5.74) is 1.09. The summed E-state index contributed by atoms with van der Waals surface area (Å²) in [6.45, 7) is 18.2. The normalized spacial score (nSPS) is 14.5. The number of hydrogen-bond acceptors (Lipinski definition) is 4. The zero-order chi connectivity index (χ0) is 18.6. The summed E-state index contributed by atoms with van der Waals surface area (Å²) in [5.74, 6) is 0. The number of hydrogen-bond donors (Lipinski definition) is 0. The van der Waals surface area contributed by atoms with Gasteiger partial charge in [-0.3, -0.25) is 0 Å². The molecule has 0 amide bonds. The highest BCUT2D eigenvalue weighted by Gasteiger charge is 2.12. The average Bonchev–Trinajstić information content (AvgIpc) is 3.18. The zero-order valence-electron chi connectivity index (χ0n) is 17.5. The van der Waals surface area contributed by atoms with Crippen LogP contribution in [-0.4, -0.2) is 54.7 Å². The van der Waals surface area contributed by atoms with Gasteiger partial charge in [0.05, 0.1) is 5.69 Å². The third-order valence-electron chi connectivity index (χ3n) is 3.74. The average molecular weight is 342 g/mol. The van der Waals surface area contributed by atoms with Gasteiger partial charge in [-0.2, -0.15) is 0 Å². The largest absolute Gasteiger partial charge is 0.365 e. The first-order valence-electron chi connectivity index (χ1n) is 10.1. The van der Waals surface area contributed by atoms with Crippen LogP contribution in [0.3, 0.4) is 0 Å². The highest BCUT2D eigenvalue weighted by atomic mass is 16.5. The molecule has 1 saturated heterocycles. The topological polar surface area (TPSA) is 32.5 Å². The van der Waals surface area contributed by atoms with E-state index in [1.807, 2.05) is 47.6 Å². The van der Waals surface area contributed by atoms with Crippen molar-refractivity contribution in [2.75, 3.05) is 39.8 Å². The van der Waals surface area contributed by atoms with Gasteiger partial charge in [0.25, 0.3) is 0 Å². The highest BCUT2D eigenvalue weighted by Crippen LogP contribution is 2.07. The van der Waals surface area contributed by atoms with Crippen molar-refractivity contribution in [3.8, 4) is 0 Å². The molecule has 0 unspecified atom stereocenters. The summed E-state index contributed by atoms with van der Waals surface area (Å²) >= 11 is 0. The van der Waals surface area contributed by atoms with Gasteiger partial charge in [0.2, 0.25) is 0 Å². The van der Waals surface area contributed by atoms with E-state index >= 15 is 0 Å². The Morgan fingerprint density at radius 3 is 2.00 bits per heavy atom. The van der Waals surface area contributed by atoms with E-state index in [1.165, 1.54) is 58.4 Å². The maximum Gasteiger partial charge on any atom is 0.124 e. The molecule has 0 aromatic carbocycles. The Kier molecular flexibility index (Phi) is 21.3. The van der Waals surface area contributed by atoms with Gasteiger partial charge < -0.3 is 14.3 Å². The Hall–Kier alpha value is -0.870. The molecule has 24 heavy (non-hydrogen) atoms. The van der Waals surface area contributed by atoms with E-state index in [9.17, 15) is 0 Å². The molecular weight excluding hydrogens is 298 g/mol. The van der Waals surface area contributed by atoms with Crippen molar-refractivity contribution in [3.05, 3.63) is 18.0 Å². The minimum absolute atomic E-state index is 1.06. The number of rotatable bonds is 7. The van der Waals surface area contributed by atoms with Crippen LogP contribution in [0.5, 0.6) is 0 Å². The fourth-order valence-corrected chi connectivity index (χ4v) is 2.43. The molecule has 0 spiro atoms. The predicted octanol–water partition coefficient (Wildman–Crippen LogP) is 5.10. The molecule has 4 heteroatoms. The zero-order valence-corrected chi connectivity index (χ0v) is 17.5. The van der Waals surface area contributed by atoms with E-state index in [0.717, 1.165) is 12.1 Å². The molecule has 0 radical (unpaired) electrons. The third-order valence-corrected chi connectivity index (χ3v) is 3.74. The Bertz CT molecular complexity index is 307. The van der Waals surface area contributed by atoms with Gasteiger partial charge in [0.15, 0.2) is 0 Å². The van der Waals surface area contributed by atoms with Gasteiger partial charge in [-0.25, -0.2) is 0 Å². The van der Waals surface area contributed by atoms with Gasteiger partial charge in [0, 0.05) is 32.2 Å². The van der Waals surface area contributed by atoms with Crippen molar-refractivity contribution in [1.82, 2.24) is 15.0 Å². The maximum absolute atomic E-state index is 4.82. The van der Waals surface area contributed by atoms with Crippen LogP contribution in [0.4, 0.5) is 0 Å². The molecule has 1 aromatic heterocycles. The number of piperazine rings is 1. The second kappa shape index (κ2) is 20.2. The van der Waals surface area contributed by atoms with Crippen LogP contribution in [0.25, 0.3) is 0 Å². The monoisotopic (exact) mass is 341 g/mol. The van der Waals surface area contributed by atoms with Crippen molar-refractivity contribution in [2.45, 2.75) is 73.6 Å². The Labute approximate surface area is 151 Å². The fraction of sp³-hybridized carbons (Fsp3) is 0.850. The SMILES string of the molecule is CC.CC.CC.CN1CCN(CCCCCCc2ccon2)CC1. The number of likely N-dealkylation sites (N-methyl/N-ethyl adjacent to an activating group) is 1. The van der Waals surface area contributed by atoms with E-state index in [-0.39, 0.29) is 0 Å². The first-order valence-corrected chi connectivity index (χ1v) is 10.1.